The Morgan fingerprint density at radius 1 is 1.10 bits per heavy atom. The van der Waals surface area contributed by atoms with Crippen molar-refractivity contribution >= 4 is 28.4 Å². The smallest absolute Gasteiger partial charge is 0.251 e. The lowest BCUT2D eigenvalue weighted by Gasteiger charge is -2.07. The van der Waals surface area contributed by atoms with Crippen molar-refractivity contribution < 1.29 is 4.79 Å². The SMILES string of the molecule is CNC(=O)c1cccc(Nc2ncc3ccccc3n2)c1. The van der Waals surface area contributed by atoms with Gasteiger partial charge < -0.3 is 10.6 Å². The number of anilines is 2. The molecule has 0 unspecified atom stereocenters. The second kappa shape index (κ2) is 5.58. The summed E-state index contributed by atoms with van der Waals surface area (Å²) in [5, 5.41) is 6.70. The molecule has 2 N–H and O–H groups in total. The van der Waals surface area contributed by atoms with Crippen LogP contribution in [0, 0.1) is 0 Å². The molecule has 1 heterocycles. The average molecular weight is 278 g/mol. The summed E-state index contributed by atoms with van der Waals surface area (Å²) in [7, 11) is 1.61. The van der Waals surface area contributed by atoms with Crippen LogP contribution in [0.5, 0.6) is 0 Å². The predicted octanol–water partition coefficient (Wildman–Crippen LogP) is 2.73. The van der Waals surface area contributed by atoms with Crippen LogP contribution in [0.2, 0.25) is 0 Å². The number of para-hydroxylation sites is 1. The molecule has 0 saturated carbocycles. The zero-order valence-electron chi connectivity index (χ0n) is 11.5. The molecule has 5 heteroatoms. The van der Waals surface area contributed by atoms with Crippen LogP contribution in [-0.4, -0.2) is 22.9 Å². The maximum absolute atomic E-state index is 11.6. The molecule has 0 radical (unpaired) electrons. The highest BCUT2D eigenvalue weighted by molar-refractivity contribution is 5.95. The van der Waals surface area contributed by atoms with E-state index in [9.17, 15) is 4.79 Å². The van der Waals surface area contributed by atoms with E-state index in [2.05, 4.69) is 20.6 Å². The molecular formula is C16H14N4O. The molecule has 0 aliphatic rings. The molecule has 0 aliphatic heterocycles. The molecule has 0 saturated heterocycles. The minimum atomic E-state index is -0.127. The van der Waals surface area contributed by atoms with E-state index in [1.807, 2.05) is 36.4 Å². The number of amides is 1. The second-order valence-electron chi connectivity index (χ2n) is 4.54. The highest BCUT2D eigenvalue weighted by Gasteiger charge is 2.05. The number of nitrogens with zero attached hydrogens (tertiary/aromatic N) is 2. The third-order valence-corrected chi connectivity index (χ3v) is 3.10. The number of rotatable bonds is 3. The van der Waals surface area contributed by atoms with E-state index in [-0.39, 0.29) is 5.91 Å². The van der Waals surface area contributed by atoms with Gasteiger partial charge in [-0.25, -0.2) is 9.97 Å². The first kappa shape index (κ1) is 13.1. The Morgan fingerprint density at radius 3 is 2.81 bits per heavy atom. The molecule has 0 spiro atoms. The Morgan fingerprint density at radius 2 is 1.95 bits per heavy atom. The molecule has 2 aromatic carbocycles. The molecule has 1 aromatic heterocycles. The van der Waals surface area contributed by atoms with Crippen LogP contribution in [0.1, 0.15) is 10.4 Å². The van der Waals surface area contributed by atoms with E-state index in [1.165, 1.54) is 0 Å². The number of nitrogens with one attached hydrogen (secondary N) is 2. The summed E-state index contributed by atoms with van der Waals surface area (Å²) >= 11 is 0. The molecule has 104 valence electrons. The zero-order valence-corrected chi connectivity index (χ0v) is 11.5. The van der Waals surface area contributed by atoms with Crippen LogP contribution in [-0.2, 0) is 0 Å². The molecule has 5 nitrogen and oxygen atoms in total. The number of hydrogen-bond acceptors (Lipinski definition) is 4. The number of aromatic nitrogens is 2. The normalized spacial score (nSPS) is 10.3. The molecule has 0 bridgehead atoms. The largest absolute Gasteiger partial charge is 0.355 e. The van der Waals surface area contributed by atoms with E-state index in [4.69, 9.17) is 0 Å². The van der Waals surface area contributed by atoms with Gasteiger partial charge in [0, 0.05) is 29.9 Å². The number of carbonyl (C=O) groups excluding carboxylic acids is 1. The van der Waals surface area contributed by atoms with E-state index < -0.39 is 0 Å². The molecule has 0 aliphatic carbocycles. The third kappa shape index (κ3) is 2.81. The van der Waals surface area contributed by atoms with Gasteiger partial charge in [0.15, 0.2) is 0 Å². The number of carbonyl (C=O) groups is 1. The Hall–Kier alpha value is -2.95. The van der Waals surface area contributed by atoms with Gasteiger partial charge in [0.25, 0.3) is 5.91 Å². The van der Waals surface area contributed by atoms with E-state index in [1.54, 1.807) is 25.4 Å². The fourth-order valence-electron chi connectivity index (χ4n) is 2.04. The molecule has 3 aromatic rings. The third-order valence-electron chi connectivity index (χ3n) is 3.10. The monoisotopic (exact) mass is 278 g/mol. The summed E-state index contributed by atoms with van der Waals surface area (Å²) in [4.78, 5) is 20.3. The van der Waals surface area contributed by atoms with Crippen molar-refractivity contribution in [3.05, 3.63) is 60.3 Å². The zero-order chi connectivity index (χ0) is 14.7. The Bertz CT molecular complexity index is 801. The standard InChI is InChI=1S/C16H14N4O/c1-17-15(21)11-6-4-7-13(9-11)19-16-18-10-12-5-2-3-8-14(12)20-16/h2-10H,1H3,(H,17,21)(H,18,19,20). The quantitative estimate of drug-likeness (QED) is 0.773. The summed E-state index contributed by atoms with van der Waals surface area (Å²) < 4.78 is 0. The molecule has 1 amide bonds. The van der Waals surface area contributed by atoms with Gasteiger partial charge in [-0.3, -0.25) is 4.79 Å². The molecular weight excluding hydrogens is 264 g/mol. The van der Waals surface area contributed by atoms with Crippen molar-refractivity contribution in [1.29, 1.82) is 0 Å². The van der Waals surface area contributed by atoms with Crippen LogP contribution in [0.3, 0.4) is 0 Å². The highest BCUT2D eigenvalue weighted by Crippen LogP contribution is 2.17. The maximum Gasteiger partial charge on any atom is 0.251 e. The van der Waals surface area contributed by atoms with Crippen molar-refractivity contribution in [3.8, 4) is 0 Å². The lowest BCUT2D eigenvalue weighted by Crippen LogP contribution is -2.17. The Balaban J connectivity index is 1.89. The summed E-state index contributed by atoms with van der Waals surface area (Å²) in [5.74, 6) is 0.376. The van der Waals surface area contributed by atoms with Gasteiger partial charge in [0.2, 0.25) is 5.95 Å². The minimum Gasteiger partial charge on any atom is -0.355 e. The van der Waals surface area contributed by atoms with Gasteiger partial charge in [0.1, 0.15) is 0 Å². The second-order valence-corrected chi connectivity index (χ2v) is 4.54. The lowest BCUT2D eigenvalue weighted by molar-refractivity contribution is 0.0963. The molecule has 0 atom stereocenters. The van der Waals surface area contributed by atoms with Crippen molar-refractivity contribution in [2.45, 2.75) is 0 Å². The van der Waals surface area contributed by atoms with Crippen LogP contribution in [0.25, 0.3) is 10.9 Å². The maximum atomic E-state index is 11.6. The van der Waals surface area contributed by atoms with Crippen LogP contribution >= 0.6 is 0 Å². The summed E-state index contributed by atoms with van der Waals surface area (Å²) in [6, 6.07) is 15.0. The van der Waals surface area contributed by atoms with Crippen molar-refractivity contribution in [2.24, 2.45) is 0 Å². The van der Waals surface area contributed by atoms with Gasteiger partial charge in [-0.1, -0.05) is 24.3 Å². The molecule has 3 rings (SSSR count). The average Bonchev–Trinajstić information content (AvgIpc) is 2.54. The Labute approximate surface area is 122 Å². The Kier molecular flexibility index (Phi) is 3.47. The minimum absolute atomic E-state index is 0.127. The van der Waals surface area contributed by atoms with Crippen LogP contribution in [0.4, 0.5) is 11.6 Å². The number of benzene rings is 2. The summed E-state index contributed by atoms with van der Waals surface area (Å²) in [5.41, 5.74) is 2.23. The van der Waals surface area contributed by atoms with Crippen molar-refractivity contribution in [1.82, 2.24) is 15.3 Å². The fourth-order valence-corrected chi connectivity index (χ4v) is 2.04. The van der Waals surface area contributed by atoms with Crippen molar-refractivity contribution in [2.75, 3.05) is 12.4 Å². The number of fused-ring (bicyclic) bond motifs is 1. The van der Waals surface area contributed by atoms with Crippen LogP contribution < -0.4 is 10.6 Å². The fraction of sp³-hybridized carbons (Fsp3) is 0.0625. The first-order valence-corrected chi connectivity index (χ1v) is 6.57. The van der Waals surface area contributed by atoms with Gasteiger partial charge in [0.05, 0.1) is 5.52 Å². The topological polar surface area (TPSA) is 66.9 Å². The highest BCUT2D eigenvalue weighted by atomic mass is 16.1. The molecule has 21 heavy (non-hydrogen) atoms. The van der Waals surface area contributed by atoms with Gasteiger partial charge in [-0.15, -0.1) is 0 Å². The van der Waals surface area contributed by atoms with E-state index in [0.29, 0.717) is 11.5 Å². The van der Waals surface area contributed by atoms with Gasteiger partial charge in [-0.05, 0) is 24.3 Å². The first-order chi connectivity index (χ1) is 10.3. The summed E-state index contributed by atoms with van der Waals surface area (Å²) in [6.07, 6.45) is 1.77. The van der Waals surface area contributed by atoms with E-state index >= 15 is 0 Å². The van der Waals surface area contributed by atoms with E-state index in [0.717, 1.165) is 16.6 Å². The van der Waals surface area contributed by atoms with Crippen molar-refractivity contribution in [3.63, 3.8) is 0 Å². The molecule has 0 fully saturated rings. The summed E-state index contributed by atoms with van der Waals surface area (Å²) in [6.45, 7) is 0. The first-order valence-electron chi connectivity index (χ1n) is 6.57. The predicted molar refractivity (Wildman–Crippen MR) is 82.7 cm³/mol. The van der Waals surface area contributed by atoms with Gasteiger partial charge >= 0.3 is 0 Å². The van der Waals surface area contributed by atoms with Gasteiger partial charge in [-0.2, -0.15) is 0 Å². The number of hydrogen-bond donors (Lipinski definition) is 2. The van der Waals surface area contributed by atoms with Crippen LogP contribution in [0.15, 0.2) is 54.7 Å². The lowest BCUT2D eigenvalue weighted by atomic mass is 10.2.